The average molecular weight is 276 g/mol. The van der Waals surface area contributed by atoms with Crippen molar-refractivity contribution in [2.45, 2.75) is 58.9 Å². The molecule has 2 rings (SSSR count). The van der Waals surface area contributed by atoms with Crippen molar-refractivity contribution in [1.82, 2.24) is 15.3 Å². The van der Waals surface area contributed by atoms with Gasteiger partial charge in [-0.3, -0.25) is 0 Å². The lowest BCUT2D eigenvalue weighted by Crippen LogP contribution is -2.27. The number of anilines is 1. The van der Waals surface area contributed by atoms with E-state index >= 15 is 0 Å². The summed E-state index contributed by atoms with van der Waals surface area (Å²) in [5, 5.41) is 3.41. The first kappa shape index (κ1) is 15.2. The van der Waals surface area contributed by atoms with Gasteiger partial charge in [0.15, 0.2) is 0 Å². The van der Waals surface area contributed by atoms with Crippen LogP contribution in [0.15, 0.2) is 6.20 Å². The molecule has 0 bridgehead atoms. The van der Waals surface area contributed by atoms with Gasteiger partial charge in [-0.1, -0.05) is 33.6 Å². The van der Waals surface area contributed by atoms with Crippen LogP contribution in [-0.2, 0) is 6.54 Å². The fourth-order valence-corrected chi connectivity index (χ4v) is 2.65. The van der Waals surface area contributed by atoms with Gasteiger partial charge < -0.3 is 10.2 Å². The van der Waals surface area contributed by atoms with Crippen LogP contribution in [0.3, 0.4) is 0 Å². The molecule has 2 heterocycles. The Kier molecular flexibility index (Phi) is 5.77. The second-order valence-electron chi connectivity index (χ2n) is 5.90. The zero-order valence-corrected chi connectivity index (χ0v) is 13.2. The number of hydrogen-bond acceptors (Lipinski definition) is 4. The van der Waals surface area contributed by atoms with Crippen molar-refractivity contribution in [2.24, 2.45) is 0 Å². The molecule has 1 aromatic rings. The fourth-order valence-electron chi connectivity index (χ4n) is 2.65. The minimum Gasteiger partial charge on any atom is -0.369 e. The molecular weight excluding hydrogens is 248 g/mol. The summed E-state index contributed by atoms with van der Waals surface area (Å²) in [4.78, 5) is 11.8. The second-order valence-corrected chi connectivity index (χ2v) is 5.90. The van der Waals surface area contributed by atoms with Gasteiger partial charge in [0.2, 0.25) is 0 Å². The summed E-state index contributed by atoms with van der Waals surface area (Å²) in [6.45, 7) is 10.5. The van der Waals surface area contributed by atoms with Crippen LogP contribution in [0.2, 0.25) is 0 Å². The topological polar surface area (TPSA) is 41.1 Å². The first-order valence-corrected chi connectivity index (χ1v) is 8.03. The van der Waals surface area contributed by atoms with Gasteiger partial charge in [0.05, 0.1) is 17.6 Å². The highest BCUT2D eigenvalue weighted by atomic mass is 15.2. The number of hydrogen-bond donors (Lipinski definition) is 1. The molecule has 4 heteroatoms. The van der Waals surface area contributed by atoms with E-state index in [0.29, 0.717) is 5.92 Å². The van der Waals surface area contributed by atoms with E-state index in [9.17, 15) is 0 Å². The summed E-state index contributed by atoms with van der Waals surface area (Å²) in [5.41, 5.74) is 2.39. The van der Waals surface area contributed by atoms with Crippen LogP contribution in [0.1, 0.15) is 63.9 Å². The molecule has 0 aromatic carbocycles. The summed E-state index contributed by atoms with van der Waals surface area (Å²) in [5.74, 6) is 1.34. The molecule has 0 aliphatic carbocycles. The molecule has 20 heavy (non-hydrogen) atoms. The lowest BCUT2D eigenvalue weighted by molar-refractivity contribution is 0.676. The highest BCUT2D eigenvalue weighted by molar-refractivity contribution is 5.49. The van der Waals surface area contributed by atoms with E-state index in [-0.39, 0.29) is 0 Å². The number of rotatable bonds is 5. The third-order valence-electron chi connectivity index (χ3n) is 3.87. The number of aromatic nitrogens is 2. The first-order valence-electron chi connectivity index (χ1n) is 8.03. The molecule has 1 aromatic heterocycles. The molecule has 0 spiro atoms. The SMILES string of the molecule is CCNCc1nc(C(C)C)ncc1N1CCCCCC1. The van der Waals surface area contributed by atoms with Crippen LogP contribution < -0.4 is 10.2 Å². The van der Waals surface area contributed by atoms with E-state index in [1.165, 1.54) is 31.4 Å². The molecular formula is C16H28N4. The molecule has 0 atom stereocenters. The van der Waals surface area contributed by atoms with Crippen molar-refractivity contribution in [3.63, 3.8) is 0 Å². The Balaban J connectivity index is 2.24. The van der Waals surface area contributed by atoms with Gasteiger partial charge in [-0.2, -0.15) is 0 Å². The molecule has 112 valence electrons. The van der Waals surface area contributed by atoms with Crippen molar-refractivity contribution >= 4 is 5.69 Å². The molecule has 1 aliphatic rings. The Bertz CT molecular complexity index is 409. The van der Waals surface area contributed by atoms with Gasteiger partial charge in [0, 0.05) is 25.6 Å². The van der Waals surface area contributed by atoms with Crippen LogP contribution >= 0.6 is 0 Å². The first-order chi connectivity index (χ1) is 9.72. The van der Waals surface area contributed by atoms with Gasteiger partial charge >= 0.3 is 0 Å². The van der Waals surface area contributed by atoms with Gasteiger partial charge in [0.25, 0.3) is 0 Å². The second kappa shape index (κ2) is 7.58. The third-order valence-corrected chi connectivity index (χ3v) is 3.87. The monoisotopic (exact) mass is 276 g/mol. The van der Waals surface area contributed by atoms with Crippen molar-refractivity contribution in [3.05, 3.63) is 17.7 Å². The Morgan fingerprint density at radius 2 is 1.90 bits per heavy atom. The van der Waals surface area contributed by atoms with Crippen LogP contribution in [0, 0.1) is 0 Å². The van der Waals surface area contributed by atoms with Crippen LogP contribution in [0.25, 0.3) is 0 Å². The molecule has 1 fully saturated rings. The van der Waals surface area contributed by atoms with Crippen LogP contribution in [-0.4, -0.2) is 29.6 Å². The molecule has 0 saturated carbocycles. The normalized spacial score (nSPS) is 16.5. The van der Waals surface area contributed by atoms with Crippen LogP contribution in [0.4, 0.5) is 5.69 Å². The van der Waals surface area contributed by atoms with E-state index < -0.39 is 0 Å². The lowest BCUT2D eigenvalue weighted by atomic mass is 10.2. The Hall–Kier alpha value is -1.16. The minimum absolute atomic E-state index is 0.383. The van der Waals surface area contributed by atoms with Crippen molar-refractivity contribution in [1.29, 1.82) is 0 Å². The summed E-state index contributed by atoms with van der Waals surface area (Å²) in [7, 11) is 0. The molecule has 0 unspecified atom stereocenters. The molecule has 0 amide bonds. The van der Waals surface area contributed by atoms with E-state index in [1.807, 2.05) is 6.20 Å². The maximum atomic E-state index is 4.80. The summed E-state index contributed by atoms with van der Waals surface area (Å²) in [6, 6.07) is 0. The zero-order valence-electron chi connectivity index (χ0n) is 13.2. The molecule has 1 saturated heterocycles. The summed E-state index contributed by atoms with van der Waals surface area (Å²) >= 11 is 0. The highest BCUT2D eigenvalue weighted by Gasteiger charge is 2.16. The third kappa shape index (κ3) is 3.92. The molecule has 1 aliphatic heterocycles. The van der Waals surface area contributed by atoms with Crippen LogP contribution in [0.5, 0.6) is 0 Å². The van der Waals surface area contributed by atoms with Gasteiger partial charge in [0.1, 0.15) is 5.82 Å². The number of nitrogens with zero attached hydrogens (tertiary/aromatic N) is 3. The maximum absolute atomic E-state index is 4.80. The fraction of sp³-hybridized carbons (Fsp3) is 0.750. The van der Waals surface area contributed by atoms with Crippen molar-refractivity contribution < 1.29 is 0 Å². The number of nitrogens with one attached hydrogen (secondary N) is 1. The molecule has 1 N–H and O–H groups in total. The Morgan fingerprint density at radius 3 is 2.50 bits per heavy atom. The minimum atomic E-state index is 0.383. The van der Waals surface area contributed by atoms with Gasteiger partial charge in [-0.05, 0) is 19.4 Å². The summed E-state index contributed by atoms with van der Waals surface area (Å²) < 4.78 is 0. The van der Waals surface area contributed by atoms with E-state index in [2.05, 4.69) is 36.0 Å². The Labute approximate surface area is 123 Å². The lowest BCUT2D eigenvalue weighted by Gasteiger charge is -2.25. The largest absolute Gasteiger partial charge is 0.369 e. The van der Waals surface area contributed by atoms with Gasteiger partial charge in [-0.15, -0.1) is 0 Å². The molecule has 0 radical (unpaired) electrons. The highest BCUT2D eigenvalue weighted by Crippen LogP contribution is 2.23. The standard InChI is InChI=1S/C16H28N4/c1-4-17-11-14-15(12-18-16(19-14)13(2)3)20-9-7-5-6-8-10-20/h12-13,17H,4-11H2,1-3H3. The smallest absolute Gasteiger partial charge is 0.131 e. The van der Waals surface area contributed by atoms with Crippen molar-refractivity contribution in [3.8, 4) is 0 Å². The van der Waals surface area contributed by atoms with Gasteiger partial charge in [-0.25, -0.2) is 9.97 Å². The average Bonchev–Trinajstić information content (AvgIpc) is 2.73. The van der Waals surface area contributed by atoms with E-state index in [0.717, 1.165) is 37.7 Å². The van der Waals surface area contributed by atoms with E-state index in [4.69, 9.17) is 4.98 Å². The predicted molar refractivity (Wildman–Crippen MR) is 84.2 cm³/mol. The molecule has 4 nitrogen and oxygen atoms in total. The maximum Gasteiger partial charge on any atom is 0.131 e. The zero-order chi connectivity index (χ0) is 14.4. The predicted octanol–water partition coefficient (Wildman–Crippen LogP) is 3.09. The van der Waals surface area contributed by atoms with Crippen molar-refractivity contribution in [2.75, 3.05) is 24.5 Å². The summed E-state index contributed by atoms with van der Waals surface area (Å²) in [6.07, 6.45) is 7.31. The quantitative estimate of drug-likeness (QED) is 0.897. The van der Waals surface area contributed by atoms with E-state index in [1.54, 1.807) is 0 Å². The Morgan fingerprint density at radius 1 is 1.20 bits per heavy atom.